The van der Waals surface area contributed by atoms with E-state index in [2.05, 4.69) is 20.5 Å². The van der Waals surface area contributed by atoms with Gasteiger partial charge in [0.25, 0.3) is 0 Å². The monoisotopic (exact) mass is 906 g/mol. The van der Waals surface area contributed by atoms with E-state index in [1.807, 2.05) is 54.6 Å². The smallest absolute Gasteiger partial charge is 0.408 e. The number of aliphatic hydroxyl groups excluding tert-OH is 1. The summed E-state index contributed by atoms with van der Waals surface area (Å²) in [7, 11) is 0. The molecule has 0 aliphatic carbocycles. The number of alkyl carbamates (subject to hydrolysis) is 1. The zero-order valence-electron chi connectivity index (χ0n) is 34.8. The maximum Gasteiger partial charge on any atom is 0.408 e. The van der Waals surface area contributed by atoms with E-state index in [1.54, 1.807) is 48.5 Å². The number of carbonyl (C=O) groups excluding carboxylic acids is 2. The Balaban J connectivity index is 0.785. The quantitative estimate of drug-likeness (QED) is 0.0443. The molecule has 3 fully saturated rings. The van der Waals surface area contributed by atoms with Gasteiger partial charge < -0.3 is 44.8 Å². The number of pyridine rings is 1. The summed E-state index contributed by atoms with van der Waals surface area (Å²) in [5.41, 5.74) is 4.15. The molecule has 3 aliphatic heterocycles. The Morgan fingerprint density at radius 3 is 2.31 bits per heavy atom. The second-order valence-corrected chi connectivity index (χ2v) is 16.7. The topological polar surface area (TPSA) is 172 Å². The molecular weight excluding hydrogens is 859 g/mol. The van der Waals surface area contributed by atoms with Crippen LogP contribution in [0.3, 0.4) is 0 Å². The highest BCUT2D eigenvalue weighted by Crippen LogP contribution is 2.35. The predicted octanol–water partition coefficient (Wildman–Crippen LogP) is 8.09. The summed E-state index contributed by atoms with van der Waals surface area (Å²) < 4.78 is 23.3. The van der Waals surface area contributed by atoms with Crippen molar-refractivity contribution in [1.82, 2.24) is 20.5 Å². The van der Waals surface area contributed by atoms with Gasteiger partial charge in [-0.15, -0.1) is 0 Å². The number of phenols is 1. The molecule has 5 N–H and O–H groups in total. The van der Waals surface area contributed by atoms with Gasteiger partial charge >= 0.3 is 12.1 Å². The Hall–Kier alpha value is -6.09. The van der Waals surface area contributed by atoms with Crippen molar-refractivity contribution in [2.75, 3.05) is 39.4 Å². The maximum absolute atomic E-state index is 13.2. The molecule has 15 heteroatoms. The van der Waals surface area contributed by atoms with E-state index in [-0.39, 0.29) is 65.1 Å². The number of esters is 1. The number of aliphatic hydroxyl groups is 1. The van der Waals surface area contributed by atoms with Crippen LogP contribution in [0.25, 0.3) is 10.9 Å². The van der Waals surface area contributed by atoms with Gasteiger partial charge in [-0.2, -0.15) is 0 Å². The number of phenolic OH excluding ortho intramolecular Hbond substituents is 1. The highest BCUT2D eigenvalue weighted by Gasteiger charge is 2.37. The minimum absolute atomic E-state index is 0.00731. The van der Waals surface area contributed by atoms with Gasteiger partial charge in [0.2, 0.25) is 5.56 Å². The van der Waals surface area contributed by atoms with Crippen molar-refractivity contribution < 1.29 is 38.7 Å². The van der Waals surface area contributed by atoms with Crippen molar-refractivity contribution in [3.63, 3.8) is 0 Å². The number of fused-ring (bicyclic) bond motifs is 4. The van der Waals surface area contributed by atoms with E-state index in [0.29, 0.717) is 34.7 Å². The van der Waals surface area contributed by atoms with E-state index in [4.69, 9.17) is 42.1 Å². The van der Waals surface area contributed by atoms with Crippen molar-refractivity contribution in [3.8, 4) is 17.2 Å². The lowest BCUT2D eigenvalue weighted by Gasteiger charge is -2.43. The number of ether oxygens (including phenoxy) is 4. The molecule has 0 spiro atoms. The van der Waals surface area contributed by atoms with Gasteiger partial charge in [-0.25, -0.2) is 9.59 Å². The number of H-pyrrole nitrogens is 1. The molecule has 332 valence electrons. The van der Waals surface area contributed by atoms with Crippen molar-refractivity contribution in [2.45, 2.75) is 44.2 Å². The number of halogens is 2. The zero-order chi connectivity index (χ0) is 44.6. The van der Waals surface area contributed by atoms with Gasteiger partial charge in [0.05, 0.1) is 33.3 Å². The van der Waals surface area contributed by atoms with E-state index < -0.39 is 24.2 Å². The Bertz CT molecular complexity index is 2620. The van der Waals surface area contributed by atoms with Crippen LogP contribution in [0.1, 0.15) is 63.2 Å². The lowest BCUT2D eigenvalue weighted by molar-refractivity contribution is -0.0336. The Morgan fingerprint density at radius 1 is 0.828 bits per heavy atom. The summed E-state index contributed by atoms with van der Waals surface area (Å²) in [6.07, 6.45) is 0.635. The Labute approximate surface area is 379 Å². The molecule has 9 rings (SSSR count). The number of nitrogens with zero attached hydrogens (tertiary/aromatic N) is 1. The summed E-state index contributed by atoms with van der Waals surface area (Å²) in [5.74, 6) is 0.667. The molecule has 0 saturated carbocycles. The first kappa shape index (κ1) is 44.5. The highest BCUT2D eigenvalue weighted by molar-refractivity contribution is 6.37. The van der Waals surface area contributed by atoms with E-state index in [1.165, 1.54) is 12.1 Å². The highest BCUT2D eigenvalue weighted by atomic mass is 35.5. The lowest BCUT2D eigenvalue weighted by atomic mass is 9.86. The fourth-order valence-corrected chi connectivity index (χ4v) is 8.89. The van der Waals surface area contributed by atoms with Crippen LogP contribution in [0.5, 0.6) is 17.2 Å². The molecule has 3 saturated heterocycles. The first-order valence-corrected chi connectivity index (χ1v) is 21.9. The molecule has 4 heterocycles. The fourth-order valence-electron chi connectivity index (χ4n) is 8.25. The number of aromatic amines is 1. The molecule has 3 atom stereocenters. The van der Waals surface area contributed by atoms with Gasteiger partial charge in [-0.3, -0.25) is 9.69 Å². The number of nitrogens with one attached hydrogen (secondary N) is 3. The van der Waals surface area contributed by atoms with Crippen LogP contribution in [-0.2, 0) is 22.6 Å². The second-order valence-electron chi connectivity index (χ2n) is 15.9. The molecule has 0 unspecified atom stereocenters. The summed E-state index contributed by atoms with van der Waals surface area (Å²) in [6.45, 7) is 3.61. The average molecular weight is 908 g/mol. The number of rotatable bonds is 17. The minimum Gasteiger partial charge on any atom is -0.506 e. The number of aromatic nitrogens is 1. The van der Waals surface area contributed by atoms with E-state index in [0.717, 1.165) is 54.7 Å². The SMILES string of the molecule is O=C(N[C@@H](c1ccccc1)c1cccc(OCc2ccc(C(=O)OCCOc3c(Cl)cc(CNC[C@H](O)c4ccc(O)c5[nH]c(=O)ccc45)cc3Cl)cc2)c1)O[C@@H]1CN2CCC1CC2. The van der Waals surface area contributed by atoms with Crippen LogP contribution in [0.4, 0.5) is 4.79 Å². The maximum atomic E-state index is 13.2. The summed E-state index contributed by atoms with van der Waals surface area (Å²) in [6, 6.07) is 33.2. The van der Waals surface area contributed by atoms with Crippen molar-refractivity contribution >= 4 is 46.2 Å². The first-order chi connectivity index (χ1) is 31.1. The number of amides is 1. The van der Waals surface area contributed by atoms with Crippen molar-refractivity contribution in [1.29, 1.82) is 0 Å². The van der Waals surface area contributed by atoms with E-state index in [9.17, 15) is 24.6 Å². The molecule has 2 bridgehead atoms. The van der Waals surface area contributed by atoms with Gasteiger partial charge in [-0.1, -0.05) is 83.9 Å². The number of piperidine rings is 3. The predicted molar refractivity (Wildman–Crippen MR) is 243 cm³/mol. The fraction of sp³-hybridized carbons (Fsp3) is 0.286. The zero-order valence-corrected chi connectivity index (χ0v) is 36.3. The molecule has 5 aromatic carbocycles. The Kier molecular flexibility index (Phi) is 14.3. The molecule has 6 aromatic rings. The molecule has 64 heavy (non-hydrogen) atoms. The van der Waals surface area contributed by atoms with Crippen LogP contribution in [0, 0.1) is 5.92 Å². The van der Waals surface area contributed by atoms with Crippen LogP contribution < -0.4 is 25.7 Å². The van der Waals surface area contributed by atoms with Gasteiger partial charge in [0.15, 0.2) is 5.75 Å². The molecule has 0 radical (unpaired) electrons. The minimum atomic E-state index is -0.936. The van der Waals surface area contributed by atoms with Crippen molar-refractivity contribution in [3.05, 3.63) is 169 Å². The third-order valence-corrected chi connectivity index (χ3v) is 12.2. The number of hydrogen-bond acceptors (Lipinski definition) is 11. The molecular formula is C49H48Cl2N4O9. The number of carbonyl (C=O) groups is 2. The second kappa shape index (κ2) is 20.6. The van der Waals surface area contributed by atoms with Crippen LogP contribution in [-0.4, -0.2) is 77.7 Å². The normalized spacial score (nSPS) is 17.6. The summed E-state index contributed by atoms with van der Waals surface area (Å²) in [4.78, 5) is 42.8. The van der Waals surface area contributed by atoms with Crippen LogP contribution in [0.15, 0.2) is 120 Å². The number of benzene rings is 5. The molecule has 1 aromatic heterocycles. The average Bonchev–Trinajstić information content (AvgIpc) is 3.30. The lowest BCUT2D eigenvalue weighted by Crippen LogP contribution is -2.52. The third-order valence-electron chi connectivity index (χ3n) is 11.6. The van der Waals surface area contributed by atoms with Gasteiger partial charge in [0, 0.05) is 31.1 Å². The number of hydrogen-bond donors (Lipinski definition) is 5. The van der Waals surface area contributed by atoms with E-state index >= 15 is 0 Å². The molecule has 13 nitrogen and oxygen atoms in total. The van der Waals surface area contributed by atoms with Gasteiger partial charge in [-0.05, 0) is 108 Å². The van der Waals surface area contributed by atoms with Crippen LogP contribution >= 0.6 is 23.2 Å². The largest absolute Gasteiger partial charge is 0.506 e. The number of aromatic hydroxyl groups is 1. The Morgan fingerprint density at radius 2 is 1.58 bits per heavy atom. The summed E-state index contributed by atoms with van der Waals surface area (Å²) in [5, 5.41) is 28.3. The molecule has 3 aliphatic rings. The van der Waals surface area contributed by atoms with Gasteiger partial charge in [0.1, 0.15) is 37.4 Å². The summed E-state index contributed by atoms with van der Waals surface area (Å²) >= 11 is 13.0. The van der Waals surface area contributed by atoms with Crippen molar-refractivity contribution in [2.24, 2.45) is 5.92 Å². The third kappa shape index (κ3) is 11.0. The molecule has 1 amide bonds. The first-order valence-electron chi connectivity index (χ1n) is 21.2. The standard InChI is InChI=1S/C49H48Cl2N4O9/c50-39-23-31(26-52-27-42(57)37-13-15-41(56)46-38(37)14-16-44(58)53-46)24-40(51)47(39)61-21-22-62-48(59)34-11-9-30(10-12-34)29-63-36-8-4-7-35(25-36)45(33-5-2-1-3-6-33)54-49(60)64-43-28-55-19-17-32(43)18-20-55/h1-16,23-25,32,42-43,45,52,56-57H,17-22,26-29H2,(H,53,58)(H,54,60)/t42-,43+,45-/m0/s1. The van der Waals surface area contributed by atoms with Crippen LogP contribution in [0.2, 0.25) is 10.0 Å².